The van der Waals surface area contributed by atoms with Crippen LogP contribution in [0.3, 0.4) is 0 Å². The lowest BCUT2D eigenvalue weighted by atomic mass is 10.0. The van der Waals surface area contributed by atoms with Crippen LogP contribution in [0.25, 0.3) is 28.2 Å². The van der Waals surface area contributed by atoms with Gasteiger partial charge in [-0.15, -0.1) is 0 Å². The van der Waals surface area contributed by atoms with Gasteiger partial charge in [0.05, 0.1) is 4.90 Å². The zero-order valence-electron chi connectivity index (χ0n) is 16.8. The third kappa shape index (κ3) is 3.15. The molecule has 1 aliphatic rings. The van der Waals surface area contributed by atoms with Crippen LogP contribution in [0.4, 0.5) is 0 Å². The highest BCUT2D eigenvalue weighted by molar-refractivity contribution is 7.89. The molecule has 0 aliphatic carbocycles. The Bertz CT molecular complexity index is 1570. The molecule has 32 heavy (non-hydrogen) atoms. The topological polar surface area (TPSA) is 125 Å². The number of nitrogens with two attached hydrogens (primary N) is 1. The normalized spacial score (nSPS) is 14.7. The fraction of sp³-hybridized carbons (Fsp3) is 0.0435. The van der Waals surface area contributed by atoms with E-state index < -0.39 is 15.8 Å². The molecule has 8 nitrogen and oxygen atoms in total. The van der Waals surface area contributed by atoms with Crippen molar-refractivity contribution in [3.63, 3.8) is 0 Å². The number of hydrogen-bond acceptors (Lipinski definition) is 6. The number of hydrogen-bond donors (Lipinski definition) is 2. The summed E-state index contributed by atoms with van der Waals surface area (Å²) >= 11 is 0. The number of aromatic nitrogens is 2. The fourth-order valence-electron chi connectivity index (χ4n) is 3.88. The summed E-state index contributed by atoms with van der Waals surface area (Å²) in [6.07, 6.45) is 5.03. The number of allylic oxidation sites excluding steroid dienone is 1. The van der Waals surface area contributed by atoms with Gasteiger partial charge in [-0.25, -0.2) is 18.5 Å². The summed E-state index contributed by atoms with van der Waals surface area (Å²) in [6, 6.07) is 12.7. The van der Waals surface area contributed by atoms with Crippen LogP contribution in [0, 0.1) is 0 Å². The molecular formula is C23H17N3O5S. The molecule has 0 fully saturated rings. The number of pyridine rings is 1. The summed E-state index contributed by atoms with van der Waals surface area (Å²) < 4.78 is 31.2. The Morgan fingerprint density at radius 3 is 2.69 bits per heavy atom. The number of carbonyl (C=O) groups is 1. The van der Waals surface area contributed by atoms with Gasteiger partial charge in [-0.05, 0) is 47.5 Å². The summed E-state index contributed by atoms with van der Waals surface area (Å²) in [4.78, 5) is 17.2. The van der Waals surface area contributed by atoms with Gasteiger partial charge in [0.25, 0.3) is 0 Å². The maximum absolute atomic E-state index is 12.8. The third-order valence-corrected chi connectivity index (χ3v) is 6.23. The van der Waals surface area contributed by atoms with E-state index >= 15 is 0 Å². The van der Waals surface area contributed by atoms with Gasteiger partial charge >= 0.3 is 0 Å². The number of phenolic OH excluding ortho intramolecular Hbond substituents is 1. The SMILES string of the molecule is Cn1cc(C=C2Oc3cccc(O)c3C2=O)c2c(-c3cccc(S(N)(=O)=O)c3)ccnc21. The Kier molecular flexibility index (Phi) is 4.40. The van der Waals surface area contributed by atoms with E-state index in [9.17, 15) is 18.3 Å². The van der Waals surface area contributed by atoms with Crippen molar-refractivity contribution in [2.45, 2.75) is 4.90 Å². The summed E-state index contributed by atoms with van der Waals surface area (Å²) in [5.41, 5.74) is 2.77. The quantitative estimate of drug-likeness (QED) is 0.465. The average molecular weight is 447 g/mol. The Labute approximate surface area is 183 Å². The van der Waals surface area contributed by atoms with E-state index in [1.54, 1.807) is 53.4 Å². The first-order valence-corrected chi connectivity index (χ1v) is 11.1. The number of ether oxygens (including phenoxy) is 1. The van der Waals surface area contributed by atoms with Crippen LogP contribution in [0.15, 0.2) is 71.6 Å². The second-order valence-corrected chi connectivity index (χ2v) is 8.98. The van der Waals surface area contributed by atoms with Crippen molar-refractivity contribution >= 4 is 32.9 Å². The van der Waals surface area contributed by atoms with E-state index in [-0.39, 0.29) is 22.0 Å². The highest BCUT2D eigenvalue weighted by atomic mass is 32.2. The molecule has 2 aromatic carbocycles. The molecule has 9 heteroatoms. The monoisotopic (exact) mass is 447 g/mol. The third-order valence-electron chi connectivity index (χ3n) is 5.32. The number of primary sulfonamides is 1. The van der Waals surface area contributed by atoms with Gasteiger partial charge in [-0.2, -0.15) is 0 Å². The highest BCUT2D eigenvalue weighted by Gasteiger charge is 2.30. The molecule has 0 atom stereocenters. The number of fused-ring (bicyclic) bond motifs is 2. The van der Waals surface area contributed by atoms with E-state index in [1.807, 2.05) is 7.05 Å². The molecule has 5 rings (SSSR count). The minimum absolute atomic E-state index is 0.00368. The van der Waals surface area contributed by atoms with Gasteiger partial charge in [-0.3, -0.25) is 4.79 Å². The maximum atomic E-state index is 12.8. The summed E-state index contributed by atoms with van der Waals surface area (Å²) in [5.74, 6) is -0.199. The van der Waals surface area contributed by atoms with Gasteiger partial charge < -0.3 is 14.4 Å². The number of rotatable bonds is 3. The van der Waals surface area contributed by atoms with E-state index in [0.717, 1.165) is 5.56 Å². The Balaban J connectivity index is 1.70. The molecule has 3 heterocycles. The molecule has 0 amide bonds. The smallest absolute Gasteiger partial charge is 0.238 e. The average Bonchev–Trinajstić information content (AvgIpc) is 3.25. The van der Waals surface area contributed by atoms with E-state index in [1.165, 1.54) is 18.2 Å². The lowest BCUT2D eigenvalue weighted by molar-refractivity contribution is 0.101. The van der Waals surface area contributed by atoms with Gasteiger partial charge in [0.15, 0.2) is 5.76 Å². The summed E-state index contributed by atoms with van der Waals surface area (Å²) in [6.45, 7) is 0. The lowest BCUT2D eigenvalue weighted by Crippen LogP contribution is -2.11. The van der Waals surface area contributed by atoms with Gasteiger partial charge in [0.1, 0.15) is 22.7 Å². The van der Waals surface area contributed by atoms with Crippen molar-refractivity contribution in [3.05, 3.63) is 77.8 Å². The van der Waals surface area contributed by atoms with Crippen LogP contribution in [-0.4, -0.2) is 28.9 Å². The molecule has 0 bridgehead atoms. The lowest BCUT2D eigenvalue weighted by Gasteiger charge is -2.07. The van der Waals surface area contributed by atoms with Gasteiger partial charge in [0.2, 0.25) is 15.8 Å². The standard InChI is InChI=1S/C23H17N3O5S/c1-26-12-14(11-19-22(28)21-17(27)6-3-7-18(21)31-19)20-16(8-9-25-23(20)26)13-4-2-5-15(10-13)32(24,29)30/h2-12,27H,1H3,(H2,24,29,30). The van der Waals surface area contributed by atoms with Crippen molar-refractivity contribution in [3.8, 4) is 22.6 Å². The van der Waals surface area contributed by atoms with Crippen LogP contribution >= 0.6 is 0 Å². The number of phenols is 1. The number of aryl methyl sites for hydroxylation is 1. The number of aromatic hydroxyl groups is 1. The first-order valence-electron chi connectivity index (χ1n) is 9.57. The molecule has 0 saturated heterocycles. The first-order chi connectivity index (χ1) is 15.2. The largest absolute Gasteiger partial charge is 0.507 e. The first kappa shape index (κ1) is 20.0. The minimum Gasteiger partial charge on any atom is -0.507 e. The molecule has 4 aromatic rings. The zero-order valence-corrected chi connectivity index (χ0v) is 17.6. The molecular weight excluding hydrogens is 430 g/mol. The zero-order chi connectivity index (χ0) is 22.6. The minimum atomic E-state index is -3.87. The second kappa shape index (κ2) is 7.04. The molecule has 160 valence electrons. The molecule has 0 spiro atoms. The molecule has 0 radical (unpaired) electrons. The Hall–Kier alpha value is -3.95. The van der Waals surface area contributed by atoms with Crippen molar-refractivity contribution in [1.29, 1.82) is 0 Å². The van der Waals surface area contributed by atoms with Crippen LogP contribution in [0.5, 0.6) is 11.5 Å². The molecule has 1 aliphatic heterocycles. The highest BCUT2D eigenvalue weighted by Crippen LogP contribution is 2.39. The van der Waals surface area contributed by atoms with E-state index in [2.05, 4.69) is 4.98 Å². The Morgan fingerprint density at radius 1 is 1.16 bits per heavy atom. The fourth-order valence-corrected chi connectivity index (χ4v) is 4.44. The van der Waals surface area contributed by atoms with E-state index in [0.29, 0.717) is 27.9 Å². The predicted molar refractivity (Wildman–Crippen MR) is 119 cm³/mol. The number of ketones is 1. The molecule has 2 aromatic heterocycles. The van der Waals surface area contributed by atoms with Crippen LogP contribution in [0.2, 0.25) is 0 Å². The van der Waals surface area contributed by atoms with Crippen LogP contribution in [0.1, 0.15) is 15.9 Å². The van der Waals surface area contributed by atoms with Crippen molar-refractivity contribution in [2.75, 3.05) is 0 Å². The van der Waals surface area contributed by atoms with E-state index in [4.69, 9.17) is 9.88 Å². The number of carbonyl (C=O) groups excluding carboxylic acids is 1. The molecule has 3 N–H and O–H groups in total. The van der Waals surface area contributed by atoms with Gasteiger partial charge in [-0.1, -0.05) is 18.2 Å². The van der Waals surface area contributed by atoms with Crippen molar-refractivity contribution in [2.24, 2.45) is 12.2 Å². The molecule has 0 saturated carbocycles. The predicted octanol–water partition coefficient (Wildman–Crippen LogP) is 3.21. The maximum Gasteiger partial charge on any atom is 0.238 e. The molecule has 0 unspecified atom stereocenters. The second-order valence-electron chi connectivity index (χ2n) is 7.42. The number of benzene rings is 2. The number of sulfonamides is 1. The Morgan fingerprint density at radius 2 is 1.94 bits per heavy atom. The summed E-state index contributed by atoms with van der Waals surface area (Å²) in [5, 5.41) is 16.1. The summed E-state index contributed by atoms with van der Waals surface area (Å²) in [7, 11) is -2.05. The van der Waals surface area contributed by atoms with Crippen LogP contribution in [-0.2, 0) is 17.1 Å². The van der Waals surface area contributed by atoms with Gasteiger partial charge in [0, 0.05) is 30.4 Å². The van der Waals surface area contributed by atoms with Crippen molar-refractivity contribution < 1.29 is 23.1 Å². The van der Waals surface area contributed by atoms with Crippen LogP contribution < -0.4 is 9.88 Å². The number of Topliss-reactive ketones (excluding diaryl/α,β-unsaturated/α-hetero) is 1. The van der Waals surface area contributed by atoms with Crippen molar-refractivity contribution in [1.82, 2.24) is 9.55 Å². The number of nitrogens with zero attached hydrogens (tertiary/aromatic N) is 2.